The highest BCUT2D eigenvalue weighted by molar-refractivity contribution is 5.49. The molecule has 1 saturated carbocycles. The Labute approximate surface area is 102 Å². The third kappa shape index (κ3) is 3.33. The molecule has 1 aliphatic rings. The van der Waals surface area contributed by atoms with Crippen molar-refractivity contribution in [3.8, 4) is 0 Å². The number of hydrogen-bond acceptors (Lipinski definition) is 4. The number of anilines is 2. The van der Waals surface area contributed by atoms with Crippen molar-refractivity contribution in [1.29, 1.82) is 0 Å². The van der Waals surface area contributed by atoms with Crippen molar-refractivity contribution in [1.82, 2.24) is 4.98 Å². The number of aliphatic hydroxyl groups is 1. The van der Waals surface area contributed by atoms with Gasteiger partial charge in [0, 0.05) is 24.5 Å². The first-order chi connectivity index (χ1) is 8.07. The Morgan fingerprint density at radius 2 is 2.47 bits per heavy atom. The number of nitrogens with two attached hydrogens (primary N) is 1. The molecule has 1 aromatic heterocycles. The fourth-order valence-electron chi connectivity index (χ4n) is 2.62. The summed E-state index contributed by atoms with van der Waals surface area (Å²) in [5.41, 5.74) is 5.96. The predicted octanol–water partition coefficient (Wildman–Crippen LogP) is 2.02. The van der Waals surface area contributed by atoms with Gasteiger partial charge in [-0.15, -0.1) is 0 Å². The summed E-state index contributed by atoms with van der Waals surface area (Å²) in [6.07, 6.45) is 5.76. The predicted molar refractivity (Wildman–Crippen MR) is 69.7 cm³/mol. The van der Waals surface area contributed by atoms with E-state index in [0.717, 1.165) is 24.9 Å². The average Bonchev–Trinajstić information content (AvgIpc) is 2.26. The molecule has 4 nitrogen and oxygen atoms in total. The monoisotopic (exact) mass is 235 g/mol. The van der Waals surface area contributed by atoms with Crippen LogP contribution in [0.15, 0.2) is 18.3 Å². The maximum Gasteiger partial charge on any atom is 0.125 e. The molecule has 1 aliphatic carbocycles. The van der Waals surface area contributed by atoms with Crippen LogP contribution in [0.1, 0.15) is 32.6 Å². The fraction of sp³-hybridized carbons (Fsp3) is 0.615. The zero-order valence-electron chi connectivity index (χ0n) is 10.3. The molecule has 1 heterocycles. The molecule has 2 atom stereocenters. The smallest absolute Gasteiger partial charge is 0.125 e. The standard InChI is InChI=1S/C13H21N3O/c1-10-3-2-5-13(17,8-10)9-16-11-4-6-15-12(14)7-11/h4,6-7,10,17H,2-3,5,8-9H2,1H3,(H3,14,15,16). The minimum atomic E-state index is -0.574. The van der Waals surface area contributed by atoms with Crippen molar-refractivity contribution < 1.29 is 5.11 Å². The van der Waals surface area contributed by atoms with Crippen molar-refractivity contribution in [3.63, 3.8) is 0 Å². The Hall–Kier alpha value is -1.29. The molecule has 0 radical (unpaired) electrons. The second kappa shape index (κ2) is 4.92. The lowest BCUT2D eigenvalue weighted by Crippen LogP contribution is -2.41. The Morgan fingerprint density at radius 3 is 3.18 bits per heavy atom. The summed E-state index contributed by atoms with van der Waals surface area (Å²) < 4.78 is 0. The summed E-state index contributed by atoms with van der Waals surface area (Å²) >= 11 is 0. The van der Waals surface area contributed by atoms with Crippen LogP contribution in [0.25, 0.3) is 0 Å². The van der Waals surface area contributed by atoms with Crippen molar-refractivity contribution in [2.45, 2.75) is 38.2 Å². The van der Waals surface area contributed by atoms with E-state index in [2.05, 4.69) is 17.2 Å². The van der Waals surface area contributed by atoms with Gasteiger partial charge in [-0.2, -0.15) is 0 Å². The fourth-order valence-corrected chi connectivity index (χ4v) is 2.62. The summed E-state index contributed by atoms with van der Waals surface area (Å²) in [4.78, 5) is 3.94. The number of aromatic nitrogens is 1. The van der Waals surface area contributed by atoms with Gasteiger partial charge in [0.1, 0.15) is 5.82 Å². The van der Waals surface area contributed by atoms with Crippen LogP contribution < -0.4 is 11.1 Å². The minimum absolute atomic E-state index is 0.499. The first-order valence-corrected chi connectivity index (χ1v) is 6.25. The average molecular weight is 235 g/mol. The number of pyridine rings is 1. The van der Waals surface area contributed by atoms with E-state index in [9.17, 15) is 5.11 Å². The summed E-state index contributed by atoms with van der Waals surface area (Å²) in [6.45, 7) is 2.79. The topological polar surface area (TPSA) is 71.2 Å². The molecule has 94 valence electrons. The highest BCUT2D eigenvalue weighted by Gasteiger charge is 2.32. The lowest BCUT2D eigenvalue weighted by molar-refractivity contribution is -0.000762. The van der Waals surface area contributed by atoms with Crippen molar-refractivity contribution >= 4 is 11.5 Å². The lowest BCUT2D eigenvalue weighted by Gasteiger charge is -2.35. The Kier molecular flexibility index (Phi) is 3.52. The van der Waals surface area contributed by atoms with Crippen molar-refractivity contribution in [2.24, 2.45) is 5.92 Å². The number of hydrogen-bond donors (Lipinski definition) is 3. The molecule has 0 aliphatic heterocycles. The quantitative estimate of drug-likeness (QED) is 0.749. The SMILES string of the molecule is CC1CCCC(O)(CNc2ccnc(N)c2)C1. The highest BCUT2D eigenvalue weighted by atomic mass is 16.3. The molecule has 0 aromatic carbocycles. The zero-order valence-corrected chi connectivity index (χ0v) is 10.3. The van der Waals surface area contributed by atoms with Crippen LogP contribution in [0.2, 0.25) is 0 Å². The van der Waals surface area contributed by atoms with Gasteiger partial charge in [0.2, 0.25) is 0 Å². The molecule has 2 rings (SSSR count). The van der Waals surface area contributed by atoms with E-state index in [4.69, 9.17) is 5.73 Å². The number of nitrogens with zero attached hydrogens (tertiary/aromatic N) is 1. The van der Waals surface area contributed by atoms with Gasteiger partial charge in [-0.1, -0.05) is 19.8 Å². The van der Waals surface area contributed by atoms with Crippen LogP contribution in [0.3, 0.4) is 0 Å². The van der Waals surface area contributed by atoms with E-state index in [1.807, 2.05) is 6.07 Å². The Balaban J connectivity index is 1.93. The molecule has 0 spiro atoms. The van der Waals surface area contributed by atoms with E-state index < -0.39 is 5.60 Å². The molecular weight excluding hydrogens is 214 g/mol. The molecule has 4 N–H and O–H groups in total. The minimum Gasteiger partial charge on any atom is -0.388 e. The molecule has 0 amide bonds. The molecular formula is C13H21N3O. The van der Waals surface area contributed by atoms with Crippen LogP contribution >= 0.6 is 0 Å². The van der Waals surface area contributed by atoms with Gasteiger partial charge in [0.25, 0.3) is 0 Å². The number of rotatable bonds is 3. The summed E-state index contributed by atoms with van der Waals surface area (Å²) in [5.74, 6) is 1.11. The third-order valence-electron chi connectivity index (χ3n) is 3.47. The normalized spacial score (nSPS) is 28.9. The molecule has 0 saturated heterocycles. The van der Waals surface area contributed by atoms with Crippen LogP contribution in [0.5, 0.6) is 0 Å². The second-order valence-corrected chi connectivity index (χ2v) is 5.25. The molecule has 0 bridgehead atoms. The van der Waals surface area contributed by atoms with Gasteiger partial charge in [-0.05, 0) is 24.8 Å². The lowest BCUT2D eigenvalue weighted by atomic mass is 9.79. The maximum atomic E-state index is 10.5. The summed E-state index contributed by atoms with van der Waals surface area (Å²) in [7, 11) is 0. The van der Waals surface area contributed by atoms with E-state index in [-0.39, 0.29) is 0 Å². The third-order valence-corrected chi connectivity index (χ3v) is 3.47. The zero-order chi connectivity index (χ0) is 12.3. The van der Waals surface area contributed by atoms with Gasteiger partial charge in [0.15, 0.2) is 0 Å². The number of nitrogen functional groups attached to an aromatic ring is 1. The van der Waals surface area contributed by atoms with Gasteiger partial charge < -0.3 is 16.2 Å². The van der Waals surface area contributed by atoms with Crippen LogP contribution in [-0.2, 0) is 0 Å². The number of nitrogens with one attached hydrogen (secondary N) is 1. The van der Waals surface area contributed by atoms with Gasteiger partial charge in [-0.3, -0.25) is 0 Å². The second-order valence-electron chi connectivity index (χ2n) is 5.25. The van der Waals surface area contributed by atoms with Gasteiger partial charge in [-0.25, -0.2) is 4.98 Å². The van der Waals surface area contributed by atoms with Gasteiger partial charge in [0.05, 0.1) is 5.60 Å². The molecule has 1 aromatic rings. The van der Waals surface area contributed by atoms with E-state index in [0.29, 0.717) is 18.3 Å². The van der Waals surface area contributed by atoms with E-state index in [1.54, 1.807) is 12.3 Å². The first kappa shape index (κ1) is 12.2. The molecule has 4 heteroatoms. The van der Waals surface area contributed by atoms with Crippen LogP contribution in [0, 0.1) is 5.92 Å². The van der Waals surface area contributed by atoms with Crippen molar-refractivity contribution in [2.75, 3.05) is 17.6 Å². The molecule has 1 fully saturated rings. The van der Waals surface area contributed by atoms with E-state index >= 15 is 0 Å². The van der Waals surface area contributed by atoms with Crippen molar-refractivity contribution in [3.05, 3.63) is 18.3 Å². The maximum absolute atomic E-state index is 10.5. The molecule has 17 heavy (non-hydrogen) atoms. The Bertz CT molecular complexity index is 383. The first-order valence-electron chi connectivity index (χ1n) is 6.25. The summed E-state index contributed by atoms with van der Waals surface area (Å²) in [5, 5.41) is 13.7. The van der Waals surface area contributed by atoms with Crippen LogP contribution in [-0.4, -0.2) is 22.2 Å². The van der Waals surface area contributed by atoms with Crippen LogP contribution in [0.4, 0.5) is 11.5 Å². The van der Waals surface area contributed by atoms with E-state index in [1.165, 1.54) is 6.42 Å². The molecule has 2 unspecified atom stereocenters. The highest BCUT2D eigenvalue weighted by Crippen LogP contribution is 2.32. The largest absolute Gasteiger partial charge is 0.388 e. The van der Waals surface area contributed by atoms with Gasteiger partial charge >= 0.3 is 0 Å². The summed E-state index contributed by atoms with van der Waals surface area (Å²) in [6, 6.07) is 3.65. The Morgan fingerprint density at radius 1 is 1.65 bits per heavy atom.